The van der Waals surface area contributed by atoms with Gasteiger partial charge in [0.2, 0.25) is 0 Å². The number of aliphatic carboxylic acids is 1. The fourth-order valence-electron chi connectivity index (χ4n) is 1.56. The Balaban J connectivity index is 2.87. The quantitative estimate of drug-likeness (QED) is 0.825. The van der Waals surface area contributed by atoms with Crippen LogP contribution in [0.5, 0.6) is 0 Å². The maximum Gasteiger partial charge on any atom is 0.311 e. The van der Waals surface area contributed by atoms with Gasteiger partial charge in [-0.2, -0.15) is 0 Å². The molecule has 1 N–H and O–H groups in total. The fourth-order valence-corrected chi connectivity index (χ4v) is 1.56. The highest BCUT2D eigenvalue weighted by Crippen LogP contribution is 2.20. The van der Waals surface area contributed by atoms with Crippen LogP contribution in [-0.4, -0.2) is 11.1 Å². The summed E-state index contributed by atoms with van der Waals surface area (Å²) in [6.45, 7) is 8.03. The van der Waals surface area contributed by atoms with Crippen LogP contribution < -0.4 is 0 Å². The van der Waals surface area contributed by atoms with Gasteiger partial charge in [0.25, 0.3) is 0 Å². The van der Waals surface area contributed by atoms with Crippen molar-refractivity contribution >= 4 is 5.97 Å². The Kier molecular flexibility index (Phi) is 4.55. The van der Waals surface area contributed by atoms with Gasteiger partial charge in [-0.1, -0.05) is 35.7 Å². The SMILES string of the molecule is Cc1ccc(C(CC#CC(C)(C)C)C(=O)O)cc1. The molecule has 0 aliphatic heterocycles. The topological polar surface area (TPSA) is 37.3 Å². The van der Waals surface area contributed by atoms with Gasteiger partial charge in [0, 0.05) is 11.8 Å². The van der Waals surface area contributed by atoms with E-state index in [0.29, 0.717) is 6.42 Å². The molecule has 0 saturated heterocycles. The lowest BCUT2D eigenvalue weighted by atomic mass is 9.93. The van der Waals surface area contributed by atoms with Crippen LogP contribution in [0, 0.1) is 24.2 Å². The molecule has 1 aromatic rings. The van der Waals surface area contributed by atoms with E-state index in [1.165, 1.54) is 0 Å². The summed E-state index contributed by atoms with van der Waals surface area (Å²) in [5.41, 5.74) is 1.86. The number of hydrogen-bond acceptors (Lipinski definition) is 1. The van der Waals surface area contributed by atoms with Gasteiger partial charge in [-0.25, -0.2) is 0 Å². The van der Waals surface area contributed by atoms with E-state index < -0.39 is 11.9 Å². The molecule has 0 heterocycles. The lowest BCUT2D eigenvalue weighted by Crippen LogP contribution is -2.11. The van der Waals surface area contributed by atoms with Crippen molar-refractivity contribution in [2.24, 2.45) is 5.41 Å². The minimum absolute atomic E-state index is 0.0870. The highest BCUT2D eigenvalue weighted by Gasteiger charge is 2.18. The third-order valence-corrected chi connectivity index (χ3v) is 2.55. The van der Waals surface area contributed by atoms with Crippen molar-refractivity contribution in [1.82, 2.24) is 0 Å². The lowest BCUT2D eigenvalue weighted by molar-refractivity contribution is -0.138. The summed E-state index contributed by atoms with van der Waals surface area (Å²) in [6, 6.07) is 7.60. The highest BCUT2D eigenvalue weighted by molar-refractivity contribution is 5.76. The van der Waals surface area contributed by atoms with Crippen LogP contribution in [0.1, 0.15) is 44.2 Å². The molecular weight excluding hydrogens is 224 g/mol. The predicted molar refractivity (Wildman–Crippen MR) is 73.4 cm³/mol. The largest absolute Gasteiger partial charge is 0.481 e. The maximum atomic E-state index is 11.3. The van der Waals surface area contributed by atoms with Gasteiger partial charge in [0.1, 0.15) is 0 Å². The molecule has 18 heavy (non-hydrogen) atoms. The van der Waals surface area contributed by atoms with E-state index in [2.05, 4.69) is 11.8 Å². The highest BCUT2D eigenvalue weighted by atomic mass is 16.4. The van der Waals surface area contributed by atoms with Gasteiger partial charge in [-0.15, -0.1) is 5.92 Å². The van der Waals surface area contributed by atoms with Crippen LogP contribution in [0.3, 0.4) is 0 Å². The molecule has 0 spiro atoms. The van der Waals surface area contributed by atoms with E-state index in [0.717, 1.165) is 11.1 Å². The molecule has 0 amide bonds. The molecule has 1 rings (SSSR count). The predicted octanol–water partition coefficient (Wildman–Crippen LogP) is 3.60. The third kappa shape index (κ3) is 4.63. The standard InChI is InChI=1S/C16H20O2/c1-12-7-9-13(10-8-12)14(15(17)18)6-5-11-16(2,3)4/h7-10,14H,6H2,1-4H3,(H,17,18). The monoisotopic (exact) mass is 244 g/mol. The van der Waals surface area contributed by atoms with Gasteiger partial charge >= 0.3 is 5.97 Å². The normalized spacial score (nSPS) is 12.4. The molecule has 0 aliphatic rings. The first-order valence-electron chi connectivity index (χ1n) is 6.09. The minimum Gasteiger partial charge on any atom is -0.481 e. The molecule has 1 aromatic carbocycles. The first-order valence-corrected chi connectivity index (χ1v) is 6.09. The van der Waals surface area contributed by atoms with Gasteiger partial charge in [-0.3, -0.25) is 4.79 Å². The van der Waals surface area contributed by atoms with Gasteiger partial charge in [-0.05, 0) is 33.3 Å². The summed E-state index contributed by atoms with van der Waals surface area (Å²) in [6.07, 6.45) is 0.357. The molecule has 0 saturated carbocycles. The van der Waals surface area contributed by atoms with Crippen LogP contribution >= 0.6 is 0 Å². The number of hydrogen-bond donors (Lipinski definition) is 1. The van der Waals surface area contributed by atoms with Gasteiger partial charge < -0.3 is 5.11 Å². The van der Waals surface area contributed by atoms with E-state index in [1.54, 1.807) is 0 Å². The van der Waals surface area contributed by atoms with Crippen LogP contribution in [-0.2, 0) is 4.79 Å². The number of benzene rings is 1. The molecule has 0 bridgehead atoms. The Labute approximate surface area is 109 Å². The second-order valence-electron chi connectivity index (χ2n) is 5.56. The second kappa shape index (κ2) is 5.73. The molecule has 1 unspecified atom stereocenters. The summed E-state index contributed by atoms with van der Waals surface area (Å²) < 4.78 is 0. The number of carbonyl (C=O) groups is 1. The van der Waals surface area contributed by atoms with Crippen molar-refractivity contribution in [3.8, 4) is 11.8 Å². The zero-order chi connectivity index (χ0) is 13.8. The van der Waals surface area contributed by atoms with Crippen LogP contribution in [0.4, 0.5) is 0 Å². The average Bonchev–Trinajstić information content (AvgIpc) is 2.24. The number of carboxylic acid groups (broad SMARTS) is 1. The molecular formula is C16H20O2. The molecule has 96 valence electrons. The van der Waals surface area contributed by atoms with E-state index in [1.807, 2.05) is 52.0 Å². The Morgan fingerprint density at radius 1 is 1.28 bits per heavy atom. The zero-order valence-electron chi connectivity index (χ0n) is 11.4. The summed E-state index contributed by atoms with van der Waals surface area (Å²) in [5.74, 6) is 4.71. The molecule has 0 aliphatic carbocycles. The van der Waals surface area contributed by atoms with Crippen LogP contribution in [0.25, 0.3) is 0 Å². The first kappa shape index (κ1) is 14.3. The maximum absolute atomic E-state index is 11.3. The van der Waals surface area contributed by atoms with Crippen LogP contribution in [0.15, 0.2) is 24.3 Å². The zero-order valence-corrected chi connectivity index (χ0v) is 11.4. The number of carboxylic acids is 1. The molecule has 0 aromatic heterocycles. The average molecular weight is 244 g/mol. The van der Waals surface area contributed by atoms with Crippen molar-refractivity contribution in [1.29, 1.82) is 0 Å². The fraction of sp³-hybridized carbons (Fsp3) is 0.438. The van der Waals surface area contributed by atoms with Gasteiger partial charge in [0.05, 0.1) is 5.92 Å². The molecule has 0 fully saturated rings. The van der Waals surface area contributed by atoms with E-state index in [-0.39, 0.29) is 5.41 Å². The van der Waals surface area contributed by atoms with Crippen molar-refractivity contribution in [2.45, 2.75) is 40.0 Å². The summed E-state index contributed by atoms with van der Waals surface area (Å²) in [7, 11) is 0. The molecule has 2 heteroatoms. The lowest BCUT2D eigenvalue weighted by Gasteiger charge is -2.11. The van der Waals surface area contributed by atoms with Crippen molar-refractivity contribution in [2.75, 3.05) is 0 Å². The van der Waals surface area contributed by atoms with E-state index in [4.69, 9.17) is 0 Å². The summed E-state index contributed by atoms with van der Waals surface area (Å²) >= 11 is 0. The Hall–Kier alpha value is -1.75. The first-order chi connectivity index (χ1) is 8.29. The molecule has 0 radical (unpaired) electrons. The molecule has 1 atom stereocenters. The Bertz CT molecular complexity index is 467. The van der Waals surface area contributed by atoms with Crippen LogP contribution in [0.2, 0.25) is 0 Å². The van der Waals surface area contributed by atoms with Crippen molar-refractivity contribution in [3.05, 3.63) is 35.4 Å². The smallest absolute Gasteiger partial charge is 0.311 e. The third-order valence-electron chi connectivity index (χ3n) is 2.55. The summed E-state index contributed by atoms with van der Waals surface area (Å²) in [4.78, 5) is 11.3. The Morgan fingerprint density at radius 2 is 1.83 bits per heavy atom. The second-order valence-corrected chi connectivity index (χ2v) is 5.56. The van der Waals surface area contributed by atoms with Crippen molar-refractivity contribution < 1.29 is 9.90 Å². The number of aryl methyl sites for hydroxylation is 1. The van der Waals surface area contributed by atoms with E-state index in [9.17, 15) is 9.90 Å². The Morgan fingerprint density at radius 3 is 2.28 bits per heavy atom. The van der Waals surface area contributed by atoms with Gasteiger partial charge in [0.15, 0.2) is 0 Å². The van der Waals surface area contributed by atoms with Crippen molar-refractivity contribution in [3.63, 3.8) is 0 Å². The molecule has 2 nitrogen and oxygen atoms in total. The summed E-state index contributed by atoms with van der Waals surface area (Å²) in [5, 5.41) is 9.26. The minimum atomic E-state index is -0.818. The number of rotatable bonds is 3. The van der Waals surface area contributed by atoms with E-state index >= 15 is 0 Å².